The molecule has 1 N–H and O–H groups in total. The zero-order valence-corrected chi connectivity index (χ0v) is 15.4. The lowest BCUT2D eigenvalue weighted by molar-refractivity contribution is 0.243. The molecule has 0 unspecified atom stereocenters. The van der Waals surface area contributed by atoms with Crippen molar-refractivity contribution in [3.63, 3.8) is 0 Å². The molecule has 0 heterocycles. The topological polar surface area (TPSA) is 55.4 Å². The predicted octanol–water partition coefficient (Wildman–Crippen LogP) is 5.23. The van der Waals surface area contributed by atoms with Crippen LogP contribution in [0.4, 0.5) is 5.69 Å². The zero-order valence-electron chi connectivity index (χ0n) is 12.3. The number of sulfonamides is 1. The number of hydrogen-bond acceptors (Lipinski definition) is 3. The van der Waals surface area contributed by atoms with Gasteiger partial charge >= 0.3 is 0 Å². The lowest BCUT2D eigenvalue weighted by Crippen LogP contribution is -2.14. The van der Waals surface area contributed by atoms with Gasteiger partial charge in [0.2, 0.25) is 0 Å². The predicted molar refractivity (Wildman–Crippen MR) is 94.5 cm³/mol. The number of halogens is 3. The molecule has 0 bridgehead atoms. The van der Waals surface area contributed by atoms with Crippen molar-refractivity contribution in [2.75, 3.05) is 4.72 Å². The summed E-state index contributed by atoms with van der Waals surface area (Å²) in [6, 6.07) is 8.68. The maximum atomic E-state index is 12.4. The Kier molecular flexibility index (Phi) is 5.68. The third-order valence-corrected chi connectivity index (χ3v) is 4.99. The summed E-state index contributed by atoms with van der Waals surface area (Å²) in [6.45, 7) is 3.67. The number of nitrogens with one attached hydrogen (secondary N) is 1. The van der Waals surface area contributed by atoms with Crippen LogP contribution in [-0.2, 0) is 10.0 Å². The molecule has 2 rings (SSSR count). The van der Waals surface area contributed by atoms with E-state index in [1.54, 1.807) is 0 Å². The molecule has 0 aromatic heterocycles. The molecular weight excluding hydrogens is 381 g/mol. The molecule has 0 saturated carbocycles. The SMILES string of the molecule is CC(C)Oc1cc(NS(=O)(=O)c2ccc(Cl)cc2)c(Cl)cc1Cl. The smallest absolute Gasteiger partial charge is 0.261 e. The normalized spacial score (nSPS) is 11.6. The molecule has 0 aliphatic heterocycles. The summed E-state index contributed by atoms with van der Waals surface area (Å²) in [7, 11) is -3.80. The van der Waals surface area contributed by atoms with Gasteiger partial charge in [-0.2, -0.15) is 0 Å². The van der Waals surface area contributed by atoms with Crippen LogP contribution in [0.25, 0.3) is 0 Å². The lowest BCUT2D eigenvalue weighted by atomic mass is 10.3. The Labute approximate surface area is 150 Å². The van der Waals surface area contributed by atoms with Crippen molar-refractivity contribution in [1.82, 2.24) is 0 Å². The summed E-state index contributed by atoms with van der Waals surface area (Å²) in [5.41, 5.74) is 0.182. The first kappa shape index (κ1) is 18.2. The fourth-order valence-electron chi connectivity index (χ4n) is 1.77. The summed E-state index contributed by atoms with van der Waals surface area (Å²) >= 11 is 17.9. The number of rotatable bonds is 5. The van der Waals surface area contributed by atoms with Gasteiger partial charge in [-0.25, -0.2) is 8.42 Å². The molecule has 8 heteroatoms. The van der Waals surface area contributed by atoms with E-state index in [9.17, 15) is 8.42 Å². The van der Waals surface area contributed by atoms with Gasteiger partial charge < -0.3 is 4.74 Å². The van der Waals surface area contributed by atoms with E-state index in [0.717, 1.165) is 0 Å². The Morgan fingerprint density at radius 1 is 1.00 bits per heavy atom. The van der Waals surface area contributed by atoms with Gasteiger partial charge in [0.1, 0.15) is 5.75 Å². The van der Waals surface area contributed by atoms with E-state index in [1.807, 2.05) is 13.8 Å². The number of ether oxygens (including phenoxy) is 1. The molecule has 0 saturated heterocycles. The fourth-order valence-corrected chi connectivity index (χ4v) is 3.50. The van der Waals surface area contributed by atoms with Gasteiger partial charge in [-0.1, -0.05) is 34.8 Å². The summed E-state index contributed by atoms with van der Waals surface area (Å²) in [4.78, 5) is 0.0687. The summed E-state index contributed by atoms with van der Waals surface area (Å²) in [6.07, 6.45) is -0.116. The second kappa shape index (κ2) is 7.18. The number of anilines is 1. The molecule has 0 aliphatic carbocycles. The van der Waals surface area contributed by atoms with Gasteiger partial charge in [0, 0.05) is 11.1 Å². The van der Waals surface area contributed by atoms with Gasteiger partial charge in [0.15, 0.2) is 0 Å². The Hall–Kier alpha value is -1.14. The second-order valence-corrected chi connectivity index (χ2v) is 7.92. The highest BCUT2D eigenvalue weighted by Crippen LogP contribution is 2.35. The standard InChI is InChI=1S/C15H14Cl3NO3S/c1-9(2)22-15-8-14(12(17)7-13(15)18)19-23(20,21)11-5-3-10(16)4-6-11/h3-9,19H,1-2H3. The van der Waals surface area contributed by atoms with E-state index < -0.39 is 10.0 Å². The maximum Gasteiger partial charge on any atom is 0.261 e. The molecule has 2 aromatic rings. The average molecular weight is 395 g/mol. The Bertz CT molecular complexity index is 805. The molecule has 4 nitrogen and oxygen atoms in total. The third-order valence-electron chi connectivity index (χ3n) is 2.75. The Morgan fingerprint density at radius 2 is 1.61 bits per heavy atom. The highest BCUT2D eigenvalue weighted by molar-refractivity contribution is 7.92. The molecule has 124 valence electrons. The van der Waals surface area contributed by atoms with Crippen molar-refractivity contribution in [1.29, 1.82) is 0 Å². The summed E-state index contributed by atoms with van der Waals surface area (Å²) in [5, 5.41) is 0.919. The van der Waals surface area contributed by atoms with Crippen molar-refractivity contribution in [2.24, 2.45) is 0 Å². The highest BCUT2D eigenvalue weighted by Gasteiger charge is 2.18. The van der Waals surface area contributed by atoms with Crippen molar-refractivity contribution in [3.05, 3.63) is 51.5 Å². The van der Waals surface area contributed by atoms with Gasteiger partial charge in [-0.15, -0.1) is 0 Å². The van der Waals surface area contributed by atoms with E-state index in [1.165, 1.54) is 36.4 Å². The van der Waals surface area contributed by atoms with E-state index in [2.05, 4.69) is 4.72 Å². The van der Waals surface area contributed by atoms with Crippen molar-refractivity contribution in [3.8, 4) is 5.75 Å². The van der Waals surface area contributed by atoms with Crippen molar-refractivity contribution >= 4 is 50.5 Å². The van der Waals surface area contributed by atoms with E-state index in [-0.39, 0.29) is 21.7 Å². The quantitative estimate of drug-likeness (QED) is 0.755. The van der Waals surface area contributed by atoms with Gasteiger partial charge in [0.25, 0.3) is 10.0 Å². The van der Waals surface area contributed by atoms with Gasteiger partial charge in [-0.05, 0) is 44.2 Å². The third kappa shape index (κ3) is 4.67. The molecule has 2 aromatic carbocycles. The Balaban J connectivity index is 2.36. The van der Waals surface area contributed by atoms with Gasteiger partial charge in [-0.3, -0.25) is 4.72 Å². The van der Waals surface area contributed by atoms with Crippen molar-refractivity contribution in [2.45, 2.75) is 24.8 Å². The number of benzene rings is 2. The first-order valence-electron chi connectivity index (χ1n) is 6.63. The number of hydrogen-bond donors (Lipinski definition) is 1. The van der Waals surface area contributed by atoms with Crippen LogP contribution in [0, 0.1) is 0 Å². The Morgan fingerprint density at radius 3 is 2.17 bits per heavy atom. The summed E-state index contributed by atoms with van der Waals surface area (Å²) in [5.74, 6) is 0.347. The van der Waals surface area contributed by atoms with Crippen LogP contribution in [0.1, 0.15) is 13.8 Å². The average Bonchev–Trinajstić information content (AvgIpc) is 2.44. The van der Waals surface area contributed by atoms with Crippen LogP contribution in [0.2, 0.25) is 15.1 Å². The molecule has 0 atom stereocenters. The van der Waals surface area contributed by atoms with Crippen molar-refractivity contribution < 1.29 is 13.2 Å². The first-order valence-corrected chi connectivity index (χ1v) is 9.25. The maximum absolute atomic E-state index is 12.4. The summed E-state index contributed by atoms with van der Waals surface area (Å²) < 4.78 is 32.7. The first-order chi connectivity index (χ1) is 10.7. The van der Waals surface area contributed by atoms with Crippen LogP contribution in [0.3, 0.4) is 0 Å². The largest absolute Gasteiger partial charge is 0.489 e. The molecular formula is C15H14Cl3NO3S. The monoisotopic (exact) mass is 393 g/mol. The van der Waals surface area contributed by atoms with Crippen LogP contribution in [0.15, 0.2) is 41.3 Å². The fraction of sp³-hybridized carbons (Fsp3) is 0.200. The zero-order chi connectivity index (χ0) is 17.2. The molecule has 0 spiro atoms. The van der Waals surface area contributed by atoms with E-state index in [0.29, 0.717) is 15.8 Å². The van der Waals surface area contributed by atoms with Crippen LogP contribution >= 0.6 is 34.8 Å². The van der Waals surface area contributed by atoms with Gasteiger partial charge in [0.05, 0.1) is 26.7 Å². The van der Waals surface area contributed by atoms with Crippen LogP contribution in [0.5, 0.6) is 5.75 Å². The van der Waals surface area contributed by atoms with Crippen LogP contribution < -0.4 is 9.46 Å². The van der Waals surface area contributed by atoms with E-state index >= 15 is 0 Å². The lowest BCUT2D eigenvalue weighted by Gasteiger charge is -2.15. The van der Waals surface area contributed by atoms with Crippen LogP contribution in [-0.4, -0.2) is 14.5 Å². The highest BCUT2D eigenvalue weighted by atomic mass is 35.5. The minimum absolute atomic E-state index is 0.0687. The molecule has 0 amide bonds. The molecule has 23 heavy (non-hydrogen) atoms. The molecule has 0 radical (unpaired) electrons. The molecule has 0 fully saturated rings. The minimum atomic E-state index is -3.80. The second-order valence-electron chi connectivity index (χ2n) is 4.99. The molecule has 0 aliphatic rings. The minimum Gasteiger partial charge on any atom is -0.489 e. The van der Waals surface area contributed by atoms with E-state index in [4.69, 9.17) is 39.5 Å².